The number of nitrogens with zero attached hydrogens (tertiary/aromatic N) is 1. The first-order valence-corrected chi connectivity index (χ1v) is 4.55. The first-order valence-electron chi connectivity index (χ1n) is 4.55. The van der Waals surface area contributed by atoms with E-state index in [0.29, 0.717) is 12.1 Å². The molecule has 0 bridgehead atoms. The number of carbonyl (C=O) groups excluding carboxylic acids is 1. The minimum absolute atomic E-state index is 0.159. The van der Waals surface area contributed by atoms with Crippen molar-refractivity contribution in [1.82, 2.24) is 4.90 Å². The van der Waals surface area contributed by atoms with Crippen LogP contribution in [0.5, 0.6) is 0 Å². The van der Waals surface area contributed by atoms with Gasteiger partial charge in [0.25, 0.3) is 5.91 Å². The third kappa shape index (κ3) is 1.77. The second kappa shape index (κ2) is 4.24. The summed E-state index contributed by atoms with van der Waals surface area (Å²) in [5.74, 6) is -0.159. The van der Waals surface area contributed by atoms with Crippen molar-refractivity contribution in [3.8, 4) is 0 Å². The van der Waals surface area contributed by atoms with Crippen LogP contribution in [0.3, 0.4) is 0 Å². The van der Waals surface area contributed by atoms with E-state index in [9.17, 15) is 4.79 Å². The molecular formula is C11H15NO2. The van der Waals surface area contributed by atoms with Crippen molar-refractivity contribution in [2.24, 2.45) is 0 Å². The third-order valence-corrected chi connectivity index (χ3v) is 2.40. The molecule has 0 aromatic carbocycles. The summed E-state index contributed by atoms with van der Waals surface area (Å²) in [6.07, 6.45) is 3.58. The zero-order chi connectivity index (χ0) is 10.7. The fourth-order valence-corrected chi connectivity index (χ4v) is 1.33. The van der Waals surface area contributed by atoms with Gasteiger partial charge in [-0.25, -0.2) is 0 Å². The number of carbonyl (C=O) groups is 1. The van der Waals surface area contributed by atoms with Gasteiger partial charge in [0.15, 0.2) is 0 Å². The molecule has 0 saturated carbocycles. The van der Waals surface area contributed by atoms with Crippen LogP contribution < -0.4 is 0 Å². The highest BCUT2D eigenvalue weighted by Gasteiger charge is 2.23. The molecule has 0 aliphatic carbocycles. The molecule has 0 spiro atoms. The molecule has 1 aliphatic heterocycles. The molecule has 0 saturated heterocycles. The van der Waals surface area contributed by atoms with Crippen LogP contribution in [-0.2, 0) is 4.79 Å². The Bertz CT molecular complexity index is 326. The molecule has 1 heterocycles. The molecule has 0 radical (unpaired) electrons. The Balaban J connectivity index is 2.79. The Morgan fingerprint density at radius 1 is 1.79 bits per heavy atom. The Hall–Kier alpha value is -1.35. The lowest BCUT2D eigenvalue weighted by molar-refractivity contribution is -0.124. The van der Waals surface area contributed by atoms with Crippen molar-refractivity contribution in [3.63, 3.8) is 0 Å². The lowest BCUT2D eigenvalue weighted by Crippen LogP contribution is -2.29. The van der Waals surface area contributed by atoms with Crippen molar-refractivity contribution >= 4 is 5.91 Å². The van der Waals surface area contributed by atoms with Crippen molar-refractivity contribution in [3.05, 3.63) is 35.6 Å². The molecule has 0 fully saturated rings. The van der Waals surface area contributed by atoms with E-state index in [-0.39, 0.29) is 12.5 Å². The first-order chi connectivity index (χ1) is 6.61. The van der Waals surface area contributed by atoms with E-state index >= 15 is 0 Å². The van der Waals surface area contributed by atoms with Crippen molar-refractivity contribution in [1.29, 1.82) is 0 Å². The summed E-state index contributed by atoms with van der Waals surface area (Å²) in [6, 6.07) is 0. The van der Waals surface area contributed by atoms with Gasteiger partial charge in [0.1, 0.15) is 0 Å². The lowest BCUT2D eigenvalue weighted by atomic mass is 10.2. The van der Waals surface area contributed by atoms with Gasteiger partial charge in [-0.1, -0.05) is 18.7 Å². The topological polar surface area (TPSA) is 40.5 Å². The van der Waals surface area contributed by atoms with Crippen molar-refractivity contribution < 1.29 is 9.90 Å². The van der Waals surface area contributed by atoms with Gasteiger partial charge in [0.2, 0.25) is 0 Å². The summed E-state index contributed by atoms with van der Waals surface area (Å²) in [5, 5.41) is 8.95. The molecule has 0 aromatic heterocycles. The number of amides is 1. The fraction of sp³-hybridized carbons (Fsp3) is 0.364. The number of aliphatic hydroxyl groups is 1. The number of hydrogen-bond acceptors (Lipinski definition) is 2. The van der Waals surface area contributed by atoms with E-state index in [1.807, 2.05) is 13.0 Å². The average Bonchev–Trinajstić information content (AvgIpc) is 2.49. The van der Waals surface area contributed by atoms with Crippen LogP contribution in [-0.4, -0.2) is 29.1 Å². The van der Waals surface area contributed by atoms with Crippen LogP contribution in [0.1, 0.15) is 13.8 Å². The van der Waals surface area contributed by atoms with Crippen LogP contribution in [0.4, 0.5) is 0 Å². The molecule has 3 heteroatoms. The Kier molecular flexibility index (Phi) is 3.25. The number of rotatable bonds is 2. The Morgan fingerprint density at radius 2 is 2.43 bits per heavy atom. The smallest absolute Gasteiger partial charge is 0.256 e. The molecule has 76 valence electrons. The van der Waals surface area contributed by atoms with E-state index in [0.717, 1.165) is 11.3 Å². The molecule has 1 rings (SSSR count). The van der Waals surface area contributed by atoms with Crippen LogP contribution in [0.15, 0.2) is 35.6 Å². The van der Waals surface area contributed by atoms with Crippen LogP contribution in [0.2, 0.25) is 0 Å². The fourth-order valence-electron chi connectivity index (χ4n) is 1.33. The molecular weight excluding hydrogens is 178 g/mol. The van der Waals surface area contributed by atoms with E-state index in [4.69, 9.17) is 5.11 Å². The first kappa shape index (κ1) is 10.7. The predicted octanol–water partition coefficient (Wildman–Crippen LogP) is 1.23. The summed E-state index contributed by atoms with van der Waals surface area (Å²) in [5.41, 5.74) is 2.16. The highest BCUT2D eigenvalue weighted by atomic mass is 16.3. The zero-order valence-electron chi connectivity index (χ0n) is 8.58. The van der Waals surface area contributed by atoms with E-state index < -0.39 is 0 Å². The summed E-state index contributed by atoms with van der Waals surface area (Å²) in [6.45, 7) is 7.81. The normalized spacial score (nSPS) is 17.4. The second-order valence-corrected chi connectivity index (χ2v) is 3.22. The number of hydrogen-bond donors (Lipinski definition) is 1. The van der Waals surface area contributed by atoms with Gasteiger partial charge in [-0.15, -0.1) is 0 Å². The van der Waals surface area contributed by atoms with Gasteiger partial charge in [-0.3, -0.25) is 4.79 Å². The Labute approximate surface area is 84.0 Å². The van der Waals surface area contributed by atoms with E-state index in [1.54, 1.807) is 17.9 Å². The van der Waals surface area contributed by atoms with Crippen molar-refractivity contribution in [2.45, 2.75) is 13.8 Å². The predicted molar refractivity (Wildman–Crippen MR) is 55.5 cm³/mol. The average molecular weight is 193 g/mol. The summed E-state index contributed by atoms with van der Waals surface area (Å²) in [4.78, 5) is 13.3. The maximum Gasteiger partial charge on any atom is 0.256 e. The largest absolute Gasteiger partial charge is 0.391 e. The lowest BCUT2D eigenvalue weighted by Gasteiger charge is -2.18. The third-order valence-electron chi connectivity index (χ3n) is 2.40. The minimum Gasteiger partial charge on any atom is -0.391 e. The second-order valence-electron chi connectivity index (χ2n) is 3.22. The van der Waals surface area contributed by atoms with Crippen LogP contribution >= 0.6 is 0 Å². The maximum atomic E-state index is 11.8. The standard InChI is InChI=1S/C11H15NO2/c1-4-10(7-13)11(14)12-6-5-8(2)9(12)3/h4-5,13H,3,6-7H2,1-2H3/b10-4-. The molecule has 14 heavy (non-hydrogen) atoms. The monoisotopic (exact) mass is 193 g/mol. The van der Waals surface area contributed by atoms with Crippen LogP contribution in [0.25, 0.3) is 0 Å². The molecule has 1 amide bonds. The zero-order valence-corrected chi connectivity index (χ0v) is 8.58. The van der Waals surface area contributed by atoms with Gasteiger partial charge in [-0.05, 0) is 19.4 Å². The van der Waals surface area contributed by atoms with Gasteiger partial charge >= 0.3 is 0 Å². The maximum absolute atomic E-state index is 11.8. The highest BCUT2D eigenvalue weighted by molar-refractivity contribution is 5.95. The Morgan fingerprint density at radius 3 is 2.79 bits per heavy atom. The van der Waals surface area contributed by atoms with E-state index in [1.165, 1.54) is 0 Å². The quantitative estimate of drug-likeness (QED) is 0.670. The molecule has 1 aliphatic rings. The molecule has 1 N–H and O–H groups in total. The molecule has 0 aromatic rings. The van der Waals surface area contributed by atoms with E-state index in [2.05, 4.69) is 6.58 Å². The van der Waals surface area contributed by atoms with Gasteiger partial charge in [-0.2, -0.15) is 0 Å². The van der Waals surface area contributed by atoms with Crippen LogP contribution in [0, 0.1) is 0 Å². The van der Waals surface area contributed by atoms with Gasteiger partial charge in [0.05, 0.1) is 6.61 Å². The number of allylic oxidation sites excluding steroid dienone is 2. The number of aliphatic hydroxyl groups excluding tert-OH is 1. The SMILES string of the molecule is C=C1C(C)=CCN1C(=O)/C(=C\C)CO. The summed E-state index contributed by atoms with van der Waals surface area (Å²) < 4.78 is 0. The summed E-state index contributed by atoms with van der Waals surface area (Å²) in [7, 11) is 0. The molecule has 3 nitrogen and oxygen atoms in total. The molecule has 0 unspecified atom stereocenters. The summed E-state index contributed by atoms with van der Waals surface area (Å²) >= 11 is 0. The van der Waals surface area contributed by atoms with Gasteiger partial charge in [0, 0.05) is 17.8 Å². The van der Waals surface area contributed by atoms with Crippen molar-refractivity contribution in [2.75, 3.05) is 13.2 Å². The highest BCUT2D eigenvalue weighted by Crippen LogP contribution is 2.21. The van der Waals surface area contributed by atoms with Gasteiger partial charge < -0.3 is 10.0 Å². The minimum atomic E-state index is -0.224. The molecule has 0 atom stereocenters.